The van der Waals surface area contributed by atoms with Crippen molar-refractivity contribution < 1.29 is 9.53 Å². The van der Waals surface area contributed by atoms with Gasteiger partial charge in [0.2, 0.25) is 0 Å². The van der Waals surface area contributed by atoms with Gasteiger partial charge < -0.3 is 19.4 Å². The molecule has 5 nitrogen and oxygen atoms in total. The molecule has 1 spiro atoms. The highest BCUT2D eigenvalue weighted by Gasteiger charge is 2.48. The molecule has 0 saturated carbocycles. The third-order valence-corrected chi connectivity index (χ3v) is 5.45. The first kappa shape index (κ1) is 15.1. The molecule has 0 aliphatic carbocycles. The van der Waals surface area contributed by atoms with Crippen molar-refractivity contribution in [3.63, 3.8) is 0 Å². The lowest BCUT2D eigenvalue weighted by molar-refractivity contribution is -0.0476. The number of methoxy groups -OCH3 is 1. The quantitative estimate of drug-likeness (QED) is 0.777. The van der Waals surface area contributed by atoms with Crippen LogP contribution in [0.15, 0.2) is 0 Å². The van der Waals surface area contributed by atoms with Crippen LogP contribution in [0.2, 0.25) is 0 Å². The Hall–Kier alpha value is -0.810. The van der Waals surface area contributed by atoms with Gasteiger partial charge in [-0.1, -0.05) is 6.42 Å². The van der Waals surface area contributed by atoms with E-state index in [1.165, 1.54) is 25.8 Å². The average molecular weight is 295 g/mol. The zero-order valence-corrected chi connectivity index (χ0v) is 13.7. The standard InChI is InChI=1S/C16H29N3O2/c1-13(2)17-7-5-4-6-16(10-17)11-19(12-16)15(20)18-8-14(9-18)21-3/h13-14H,4-12H2,1-3H3. The van der Waals surface area contributed by atoms with Gasteiger partial charge in [0.15, 0.2) is 0 Å². The Morgan fingerprint density at radius 2 is 1.86 bits per heavy atom. The van der Waals surface area contributed by atoms with Crippen molar-refractivity contribution in [1.29, 1.82) is 0 Å². The fraction of sp³-hybridized carbons (Fsp3) is 0.938. The topological polar surface area (TPSA) is 36.0 Å². The van der Waals surface area contributed by atoms with Crippen LogP contribution in [0.5, 0.6) is 0 Å². The minimum absolute atomic E-state index is 0.217. The van der Waals surface area contributed by atoms with Gasteiger partial charge in [-0.05, 0) is 33.2 Å². The van der Waals surface area contributed by atoms with Crippen LogP contribution >= 0.6 is 0 Å². The van der Waals surface area contributed by atoms with Crippen molar-refractivity contribution in [3.8, 4) is 0 Å². The average Bonchev–Trinajstić information content (AvgIpc) is 2.58. The molecule has 21 heavy (non-hydrogen) atoms. The largest absolute Gasteiger partial charge is 0.378 e. The molecule has 3 aliphatic heterocycles. The number of likely N-dealkylation sites (tertiary alicyclic amines) is 3. The van der Waals surface area contributed by atoms with E-state index in [0.717, 1.165) is 32.7 Å². The molecule has 3 fully saturated rings. The van der Waals surface area contributed by atoms with E-state index in [4.69, 9.17) is 4.74 Å². The van der Waals surface area contributed by atoms with Crippen LogP contribution in [0, 0.1) is 5.41 Å². The molecule has 2 amide bonds. The van der Waals surface area contributed by atoms with E-state index in [0.29, 0.717) is 11.5 Å². The van der Waals surface area contributed by atoms with Gasteiger partial charge in [-0.15, -0.1) is 0 Å². The Morgan fingerprint density at radius 3 is 2.48 bits per heavy atom. The number of urea groups is 1. The fourth-order valence-corrected chi connectivity index (χ4v) is 3.94. The van der Waals surface area contributed by atoms with Crippen LogP contribution in [0.25, 0.3) is 0 Å². The van der Waals surface area contributed by atoms with Gasteiger partial charge >= 0.3 is 6.03 Å². The molecule has 0 aromatic heterocycles. The predicted molar refractivity (Wildman–Crippen MR) is 82.3 cm³/mol. The van der Waals surface area contributed by atoms with Crippen molar-refractivity contribution in [3.05, 3.63) is 0 Å². The maximum Gasteiger partial charge on any atom is 0.320 e. The Labute approximate surface area is 128 Å². The molecule has 0 aromatic rings. The summed E-state index contributed by atoms with van der Waals surface area (Å²) in [5.41, 5.74) is 0.363. The summed E-state index contributed by atoms with van der Waals surface area (Å²) in [6, 6.07) is 0.830. The first-order valence-corrected chi connectivity index (χ1v) is 8.34. The molecule has 0 N–H and O–H groups in total. The fourth-order valence-electron chi connectivity index (χ4n) is 3.94. The third-order valence-electron chi connectivity index (χ3n) is 5.45. The van der Waals surface area contributed by atoms with Crippen LogP contribution in [0.3, 0.4) is 0 Å². The maximum atomic E-state index is 12.4. The molecule has 0 atom stereocenters. The normalized spacial score (nSPS) is 26.7. The van der Waals surface area contributed by atoms with Crippen molar-refractivity contribution in [2.45, 2.75) is 45.3 Å². The molecule has 120 valence electrons. The first-order chi connectivity index (χ1) is 10.0. The second-order valence-corrected chi connectivity index (χ2v) is 7.42. The van der Waals surface area contributed by atoms with Crippen LogP contribution in [0.1, 0.15) is 33.1 Å². The summed E-state index contributed by atoms with van der Waals surface area (Å²) in [4.78, 5) is 18.9. The Balaban J connectivity index is 1.52. The number of ether oxygens (including phenoxy) is 1. The number of hydrogen-bond donors (Lipinski definition) is 0. The number of carbonyl (C=O) groups is 1. The second-order valence-electron chi connectivity index (χ2n) is 7.42. The zero-order valence-electron chi connectivity index (χ0n) is 13.7. The van der Waals surface area contributed by atoms with Gasteiger partial charge in [0.05, 0.1) is 19.2 Å². The molecular weight excluding hydrogens is 266 g/mol. The van der Waals surface area contributed by atoms with E-state index >= 15 is 0 Å². The van der Waals surface area contributed by atoms with E-state index in [2.05, 4.69) is 18.7 Å². The Kier molecular flexibility index (Phi) is 4.14. The van der Waals surface area contributed by atoms with Crippen LogP contribution in [-0.2, 0) is 4.74 Å². The monoisotopic (exact) mass is 295 g/mol. The molecule has 0 unspecified atom stereocenters. The highest BCUT2D eigenvalue weighted by atomic mass is 16.5. The van der Waals surface area contributed by atoms with Gasteiger partial charge in [0.25, 0.3) is 0 Å². The minimum Gasteiger partial charge on any atom is -0.378 e. The molecule has 5 heteroatoms. The summed E-state index contributed by atoms with van der Waals surface area (Å²) in [5.74, 6) is 0. The molecule has 0 aromatic carbocycles. The van der Waals surface area contributed by atoms with Crippen LogP contribution < -0.4 is 0 Å². The summed E-state index contributed by atoms with van der Waals surface area (Å²) in [6.45, 7) is 10.4. The molecule has 0 radical (unpaired) electrons. The van der Waals surface area contributed by atoms with Gasteiger partial charge in [-0.25, -0.2) is 4.79 Å². The number of amides is 2. The third kappa shape index (κ3) is 2.90. The van der Waals surface area contributed by atoms with E-state index in [1.807, 2.05) is 9.80 Å². The summed E-state index contributed by atoms with van der Waals surface area (Å²) in [6.07, 6.45) is 4.13. The number of rotatable bonds is 2. The van der Waals surface area contributed by atoms with E-state index < -0.39 is 0 Å². The Bertz CT molecular complexity index is 387. The number of carbonyl (C=O) groups excluding carboxylic acids is 1. The predicted octanol–water partition coefficient (Wildman–Crippen LogP) is 1.63. The summed E-state index contributed by atoms with van der Waals surface area (Å²) >= 11 is 0. The molecule has 3 rings (SSSR count). The smallest absolute Gasteiger partial charge is 0.320 e. The summed E-state index contributed by atoms with van der Waals surface area (Å²) in [5, 5.41) is 0. The van der Waals surface area contributed by atoms with Crippen LogP contribution in [-0.4, -0.2) is 79.3 Å². The lowest BCUT2D eigenvalue weighted by Crippen LogP contribution is -2.67. The molecule has 3 aliphatic rings. The minimum atomic E-state index is 0.217. The second kappa shape index (κ2) is 5.76. The van der Waals surface area contributed by atoms with E-state index in [-0.39, 0.29) is 12.1 Å². The van der Waals surface area contributed by atoms with Gasteiger partial charge in [-0.2, -0.15) is 0 Å². The molecular formula is C16H29N3O2. The van der Waals surface area contributed by atoms with Gasteiger partial charge in [0.1, 0.15) is 0 Å². The first-order valence-electron chi connectivity index (χ1n) is 8.34. The maximum absolute atomic E-state index is 12.4. The molecule has 3 heterocycles. The van der Waals surface area contributed by atoms with Crippen molar-refractivity contribution >= 4 is 6.03 Å². The van der Waals surface area contributed by atoms with Crippen molar-refractivity contribution in [2.24, 2.45) is 5.41 Å². The summed E-state index contributed by atoms with van der Waals surface area (Å²) in [7, 11) is 1.72. The number of hydrogen-bond acceptors (Lipinski definition) is 3. The van der Waals surface area contributed by atoms with E-state index in [9.17, 15) is 4.79 Å². The lowest BCUT2D eigenvalue weighted by Gasteiger charge is -2.54. The number of nitrogens with zero attached hydrogens (tertiary/aromatic N) is 3. The van der Waals surface area contributed by atoms with Gasteiger partial charge in [-0.3, -0.25) is 0 Å². The van der Waals surface area contributed by atoms with E-state index in [1.54, 1.807) is 7.11 Å². The van der Waals surface area contributed by atoms with Crippen molar-refractivity contribution in [1.82, 2.24) is 14.7 Å². The molecule has 3 saturated heterocycles. The van der Waals surface area contributed by atoms with Crippen LogP contribution in [0.4, 0.5) is 4.79 Å². The Morgan fingerprint density at radius 1 is 1.14 bits per heavy atom. The lowest BCUT2D eigenvalue weighted by atomic mass is 9.76. The zero-order chi connectivity index (χ0) is 15.0. The highest BCUT2D eigenvalue weighted by Crippen LogP contribution is 2.39. The highest BCUT2D eigenvalue weighted by molar-refractivity contribution is 5.76. The molecule has 0 bridgehead atoms. The van der Waals surface area contributed by atoms with Gasteiger partial charge in [0, 0.05) is 38.2 Å². The SMILES string of the molecule is COC1CN(C(=O)N2CC3(CCCCN(C(C)C)C3)C2)C1. The van der Waals surface area contributed by atoms with Crippen molar-refractivity contribution in [2.75, 3.05) is 46.4 Å². The summed E-state index contributed by atoms with van der Waals surface area (Å²) < 4.78 is 5.25.